The smallest absolute Gasteiger partial charge is 0.0933 e. The fourth-order valence-corrected chi connectivity index (χ4v) is 2.32. The van der Waals surface area contributed by atoms with Crippen molar-refractivity contribution in [2.45, 2.75) is 32.6 Å². The van der Waals surface area contributed by atoms with Gasteiger partial charge in [0.15, 0.2) is 0 Å². The normalized spacial score (nSPS) is 12.4. The Hall–Kier alpha value is -0.450. The van der Waals surface area contributed by atoms with Gasteiger partial charge in [0.25, 0.3) is 0 Å². The van der Waals surface area contributed by atoms with Crippen LogP contribution in [0.1, 0.15) is 31.5 Å². The van der Waals surface area contributed by atoms with Crippen molar-refractivity contribution in [1.82, 2.24) is 4.98 Å². The number of rotatable bonds is 4. The lowest BCUT2D eigenvalue weighted by atomic mass is 9.93. The van der Waals surface area contributed by atoms with E-state index in [-0.39, 0.29) is 24.5 Å². The minimum Gasteiger partial charge on any atom is -0.396 e. The van der Waals surface area contributed by atoms with E-state index in [4.69, 9.17) is 10.2 Å². The first-order valence-corrected chi connectivity index (χ1v) is 6.02. The Bertz CT molecular complexity index is 300. The summed E-state index contributed by atoms with van der Waals surface area (Å²) in [6.45, 7) is 6.41. The number of hydrogen-bond acceptors (Lipinski definition) is 4. The third kappa shape index (κ3) is 3.55. The minimum absolute atomic E-state index is 0.0148. The second kappa shape index (κ2) is 5.05. The Balaban J connectivity index is 2.68. The van der Waals surface area contributed by atoms with E-state index in [2.05, 4.69) is 31.1 Å². The van der Waals surface area contributed by atoms with Crippen LogP contribution in [0.5, 0.6) is 0 Å². The molecule has 0 aliphatic carbocycles. The first-order valence-electron chi connectivity index (χ1n) is 5.14. The molecule has 86 valence electrons. The van der Waals surface area contributed by atoms with Crippen molar-refractivity contribution in [1.29, 1.82) is 0 Å². The second-order valence-electron chi connectivity index (χ2n) is 4.81. The molecule has 0 bridgehead atoms. The van der Waals surface area contributed by atoms with Gasteiger partial charge in [0.1, 0.15) is 0 Å². The molecule has 0 fully saturated rings. The standard InChI is InChI=1S/C11H19NO2S/c1-11(2,3)9-7-15-10(12-9)4-8(5-13)6-14/h7-8,13-14H,4-6H2,1-3H3. The molecule has 0 radical (unpaired) electrons. The maximum absolute atomic E-state index is 8.97. The Morgan fingerprint density at radius 1 is 1.33 bits per heavy atom. The van der Waals surface area contributed by atoms with Crippen molar-refractivity contribution < 1.29 is 10.2 Å². The summed E-state index contributed by atoms with van der Waals surface area (Å²) in [7, 11) is 0. The van der Waals surface area contributed by atoms with E-state index in [0.717, 1.165) is 10.7 Å². The summed E-state index contributed by atoms with van der Waals surface area (Å²) >= 11 is 1.60. The van der Waals surface area contributed by atoms with Gasteiger partial charge in [-0.05, 0) is 0 Å². The van der Waals surface area contributed by atoms with Crippen molar-refractivity contribution in [2.75, 3.05) is 13.2 Å². The predicted octanol–water partition coefficient (Wildman–Crippen LogP) is 1.58. The molecule has 0 saturated carbocycles. The van der Waals surface area contributed by atoms with Gasteiger partial charge >= 0.3 is 0 Å². The van der Waals surface area contributed by atoms with Crippen LogP contribution in [-0.4, -0.2) is 28.4 Å². The third-order valence-corrected chi connectivity index (χ3v) is 3.17. The number of aromatic nitrogens is 1. The highest BCUT2D eigenvalue weighted by molar-refractivity contribution is 7.09. The maximum atomic E-state index is 8.97. The summed E-state index contributed by atoms with van der Waals surface area (Å²) < 4.78 is 0. The molecule has 4 heteroatoms. The molecule has 0 aromatic carbocycles. The zero-order chi connectivity index (χ0) is 11.5. The van der Waals surface area contributed by atoms with Crippen molar-refractivity contribution in [2.24, 2.45) is 5.92 Å². The fourth-order valence-electron chi connectivity index (χ4n) is 1.18. The molecule has 0 unspecified atom stereocenters. The van der Waals surface area contributed by atoms with E-state index in [9.17, 15) is 0 Å². The highest BCUT2D eigenvalue weighted by Crippen LogP contribution is 2.24. The van der Waals surface area contributed by atoms with Gasteiger partial charge in [0.05, 0.1) is 10.7 Å². The maximum Gasteiger partial charge on any atom is 0.0933 e. The lowest BCUT2D eigenvalue weighted by molar-refractivity contribution is 0.150. The van der Waals surface area contributed by atoms with Crippen LogP contribution in [0.3, 0.4) is 0 Å². The molecule has 1 heterocycles. The highest BCUT2D eigenvalue weighted by Gasteiger charge is 2.18. The molecular weight excluding hydrogens is 210 g/mol. The molecule has 1 aromatic heterocycles. The molecule has 1 rings (SSSR count). The van der Waals surface area contributed by atoms with E-state index in [1.54, 1.807) is 11.3 Å². The van der Waals surface area contributed by atoms with Gasteiger partial charge < -0.3 is 10.2 Å². The van der Waals surface area contributed by atoms with Gasteiger partial charge in [-0.15, -0.1) is 11.3 Å². The molecular formula is C11H19NO2S. The summed E-state index contributed by atoms with van der Waals surface area (Å²) in [4.78, 5) is 4.51. The molecule has 0 amide bonds. The monoisotopic (exact) mass is 229 g/mol. The first kappa shape index (κ1) is 12.6. The molecule has 0 saturated heterocycles. The highest BCUT2D eigenvalue weighted by atomic mass is 32.1. The molecule has 0 atom stereocenters. The predicted molar refractivity (Wildman–Crippen MR) is 62.2 cm³/mol. The van der Waals surface area contributed by atoms with Crippen LogP contribution < -0.4 is 0 Å². The number of aliphatic hydroxyl groups excluding tert-OH is 2. The SMILES string of the molecule is CC(C)(C)c1csc(CC(CO)CO)n1. The van der Waals surface area contributed by atoms with E-state index in [1.807, 2.05) is 0 Å². The molecule has 3 nitrogen and oxygen atoms in total. The van der Waals surface area contributed by atoms with Gasteiger partial charge in [0, 0.05) is 36.3 Å². The Kier molecular flexibility index (Phi) is 4.25. The third-order valence-electron chi connectivity index (χ3n) is 2.30. The molecule has 0 aliphatic heterocycles. The van der Waals surface area contributed by atoms with Crippen LogP contribution in [0.2, 0.25) is 0 Å². The lowest BCUT2D eigenvalue weighted by Gasteiger charge is -2.14. The van der Waals surface area contributed by atoms with Crippen LogP contribution >= 0.6 is 11.3 Å². The molecule has 0 aliphatic rings. The van der Waals surface area contributed by atoms with Gasteiger partial charge in [-0.1, -0.05) is 20.8 Å². The van der Waals surface area contributed by atoms with Crippen molar-refractivity contribution in [3.05, 3.63) is 16.1 Å². The topological polar surface area (TPSA) is 53.4 Å². The van der Waals surface area contributed by atoms with Gasteiger partial charge in [-0.2, -0.15) is 0 Å². The van der Waals surface area contributed by atoms with Crippen molar-refractivity contribution in [3.63, 3.8) is 0 Å². The van der Waals surface area contributed by atoms with Crippen LogP contribution in [0.25, 0.3) is 0 Å². The fraction of sp³-hybridized carbons (Fsp3) is 0.727. The Morgan fingerprint density at radius 2 is 1.93 bits per heavy atom. The zero-order valence-electron chi connectivity index (χ0n) is 9.53. The summed E-state index contributed by atoms with van der Waals surface area (Å²) in [5.41, 5.74) is 1.15. The van der Waals surface area contributed by atoms with Crippen molar-refractivity contribution >= 4 is 11.3 Å². The van der Waals surface area contributed by atoms with Crippen LogP contribution in [0.4, 0.5) is 0 Å². The number of nitrogens with zero attached hydrogens (tertiary/aromatic N) is 1. The summed E-state index contributed by atoms with van der Waals surface area (Å²) in [6.07, 6.45) is 0.660. The largest absolute Gasteiger partial charge is 0.396 e. The summed E-state index contributed by atoms with van der Waals surface area (Å²) in [5, 5.41) is 21.0. The lowest BCUT2D eigenvalue weighted by Crippen LogP contribution is -2.15. The van der Waals surface area contributed by atoms with Gasteiger partial charge in [-0.25, -0.2) is 4.98 Å². The van der Waals surface area contributed by atoms with E-state index in [1.165, 1.54) is 0 Å². The number of hydrogen-bond donors (Lipinski definition) is 2. The first-order chi connectivity index (χ1) is 6.97. The molecule has 2 N–H and O–H groups in total. The minimum atomic E-state index is -0.0797. The number of thiazole rings is 1. The average molecular weight is 229 g/mol. The average Bonchev–Trinajstić information content (AvgIpc) is 2.61. The van der Waals surface area contributed by atoms with Crippen LogP contribution in [0.15, 0.2) is 5.38 Å². The molecule has 15 heavy (non-hydrogen) atoms. The summed E-state index contributed by atoms with van der Waals surface area (Å²) in [6, 6.07) is 0. The zero-order valence-corrected chi connectivity index (χ0v) is 10.3. The van der Waals surface area contributed by atoms with E-state index in [0.29, 0.717) is 6.42 Å². The number of aliphatic hydroxyl groups is 2. The Labute approximate surface area is 94.8 Å². The van der Waals surface area contributed by atoms with E-state index < -0.39 is 0 Å². The van der Waals surface area contributed by atoms with E-state index >= 15 is 0 Å². The molecule has 1 aromatic rings. The second-order valence-corrected chi connectivity index (χ2v) is 5.75. The molecule has 0 spiro atoms. The Morgan fingerprint density at radius 3 is 2.33 bits per heavy atom. The van der Waals surface area contributed by atoms with Crippen molar-refractivity contribution in [3.8, 4) is 0 Å². The van der Waals surface area contributed by atoms with Crippen LogP contribution in [0, 0.1) is 5.92 Å². The van der Waals surface area contributed by atoms with Gasteiger partial charge in [0.2, 0.25) is 0 Å². The quantitative estimate of drug-likeness (QED) is 0.824. The van der Waals surface area contributed by atoms with Gasteiger partial charge in [-0.3, -0.25) is 0 Å². The summed E-state index contributed by atoms with van der Waals surface area (Å²) in [5.74, 6) is -0.0797. The van der Waals surface area contributed by atoms with Crippen LogP contribution in [-0.2, 0) is 11.8 Å².